The van der Waals surface area contributed by atoms with E-state index in [2.05, 4.69) is 4.98 Å². The van der Waals surface area contributed by atoms with Crippen LogP contribution in [0.2, 0.25) is 0 Å². The third-order valence-corrected chi connectivity index (χ3v) is 6.27. The van der Waals surface area contributed by atoms with E-state index in [4.69, 9.17) is 4.74 Å². The highest BCUT2D eigenvalue weighted by molar-refractivity contribution is 7.92. The van der Waals surface area contributed by atoms with Crippen LogP contribution in [0.15, 0.2) is 88.8 Å². The normalized spacial score (nSPS) is 12.0. The molecule has 2 heterocycles. The van der Waals surface area contributed by atoms with Crippen molar-refractivity contribution in [2.75, 3.05) is 0 Å². The van der Waals surface area contributed by atoms with Crippen LogP contribution in [0.25, 0.3) is 5.69 Å². The third kappa shape index (κ3) is 4.53. The van der Waals surface area contributed by atoms with E-state index >= 15 is 0 Å². The van der Waals surface area contributed by atoms with Gasteiger partial charge in [-0.25, -0.2) is 22.8 Å². The highest BCUT2D eigenvalue weighted by Crippen LogP contribution is 2.30. The number of ether oxygens (including phenoxy) is 1. The van der Waals surface area contributed by atoms with Gasteiger partial charge in [-0.05, 0) is 48.0 Å². The van der Waals surface area contributed by atoms with Gasteiger partial charge in [-0.3, -0.25) is 4.57 Å². The summed E-state index contributed by atoms with van der Waals surface area (Å²) in [6, 6.07) is 15.7. The fraction of sp³-hybridized carbons (Fsp3) is 0.0909. The van der Waals surface area contributed by atoms with Crippen LogP contribution in [0.5, 0.6) is 17.5 Å². The van der Waals surface area contributed by atoms with Crippen LogP contribution in [-0.4, -0.2) is 33.2 Å². The van der Waals surface area contributed by atoms with Gasteiger partial charge in [-0.1, -0.05) is 18.2 Å². The summed E-state index contributed by atoms with van der Waals surface area (Å²) in [6.45, 7) is 0.0353. The molecule has 0 saturated carbocycles. The first kappa shape index (κ1) is 23.1. The van der Waals surface area contributed by atoms with Gasteiger partial charge >= 0.3 is 11.2 Å². The number of hydrogen-bond donors (Lipinski definition) is 1. The Kier molecular flexibility index (Phi) is 5.92. The number of rotatable bonds is 6. The zero-order valence-corrected chi connectivity index (χ0v) is 18.0. The van der Waals surface area contributed by atoms with Crippen molar-refractivity contribution in [1.82, 2.24) is 14.1 Å². The maximum absolute atomic E-state index is 12.8. The maximum atomic E-state index is 12.8. The summed E-state index contributed by atoms with van der Waals surface area (Å²) in [7, 11) is -5.53. The number of nitrogens with zero attached hydrogens (tertiary/aromatic N) is 3. The fourth-order valence-corrected chi connectivity index (χ4v) is 3.91. The first-order valence-electron chi connectivity index (χ1n) is 9.67. The summed E-state index contributed by atoms with van der Waals surface area (Å²) in [6.07, 6.45) is 2.65. The minimum atomic E-state index is -5.53. The standard InChI is InChI=1S/C22H16F3N3O5S/c23-22(24,25)34(31,32)18-8-6-16(7-9-18)28-20(29)14-27(21(28)30)13-15-10-11-26-19(12-15)33-17-4-2-1-3-5-17/h1-12,14,29H,13H2. The van der Waals surface area contributed by atoms with Crippen molar-refractivity contribution in [1.29, 1.82) is 0 Å². The van der Waals surface area contributed by atoms with Crippen LogP contribution in [0.3, 0.4) is 0 Å². The molecule has 0 amide bonds. The van der Waals surface area contributed by atoms with E-state index < -0.39 is 31.8 Å². The molecule has 0 aliphatic rings. The summed E-state index contributed by atoms with van der Waals surface area (Å²) in [5.41, 5.74) is -5.52. The smallest absolute Gasteiger partial charge is 0.493 e. The number of sulfone groups is 1. The highest BCUT2D eigenvalue weighted by Gasteiger charge is 2.46. The molecule has 0 spiro atoms. The van der Waals surface area contributed by atoms with Crippen molar-refractivity contribution in [2.45, 2.75) is 16.9 Å². The first-order chi connectivity index (χ1) is 16.1. The van der Waals surface area contributed by atoms with E-state index in [1.54, 1.807) is 36.4 Å². The SMILES string of the molecule is O=c1n(Cc2ccnc(Oc3ccccc3)c2)cc(O)n1-c1ccc(S(=O)(=O)C(F)(F)F)cc1. The Morgan fingerprint density at radius 3 is 2.32 bits per heavy atom. The number of hydrogen-bond acceptors (Lipinski definition) is 6. The molecule has 0 bridgehead atoms. The first-order valence-corrected chi connectivity index (χ1v) is 11.2. The number of alkyl halides is 3. The monoisotopic (exact) mass is 491 g/mol. The van der Waals surface area contributed by atoms with Crippen LogP contribution in [-0.2, 0) is 16.4 Å². The lowest BCUT2D eigenvalue weighted by Crippen LogP contribution is -2.24. The number of benzene rings is 2. The topological polar surface area (TPSA) is 103 Å². The average Bonchev–Trinajstić information content (AvgIpc) is 3.06. The van der Waals surface area contributed by atoms with E-state index in [1.807, 2.05) is 6.07 Å². The van der Waals surface area contributed by atoms with Crippen molar-refractivity contribution in [3.63, 3.8) is 0 Å². The molecule has 0 saturated heterocycles. The second-order valence-corrected chi connectivity index (χ2v) is 9.03. The van der Waals surface area contributed by atoms with E-state index in [9.17, 15) is 31.5 Å². The number of para-hydroxylation sites is 1. The second kappa shape index (κ2) is 8.71. The number of pyridine rings is 1. The lowest BCUT2D eigenvalue weighted by Gasteiger charge is -2.09. The Morgan fingerprint density at radius 2 is 1.68 bits per heavy atom. The summed E-state index contributed by atoms with van der Waals surface area (Å²) in [5.74, 6) is 0.386. The Labute approximate surface area is 191 Å². The molecule has 0 fully saturated rings. The molecule has 176 valence electrons. The molecule has 8 nitrogen and oxygen atoms in total. The van der Waals surface area contributed by atoms with Crippen LogP contribution in [0.1, 0.15) is 5.56 Å². The Bertz CT molecular complexity index is 1480. The number of aromatic nitrogens is 3. The molecular formula is C22H16F3N3O5S. The molecule has 0 aliphatic heterocycles. The molecule has 0 aliphatic carbocycles. The van der Waals surface area contributed by atoms with E-state index in [-0.39, 0.29) is 12.2 Å². The van der Waals surface area contributed by atoms with Gasteiger partial charge in [0.1, 0.15) is 5.75 Å². The van der Waals surface area contributed by atoms with Crippen molar-refractivity contribution < 1.29 is 31.4 Å². The van der Waals surface area contributed by atoms with E-state index in [1.165, 1.54) is 10.8 Å². The van der Waals surface area contributed by atoms with Crippen LogP contribution in [0.4, 0.5) is 13.2 Å². The van der Waals surface area contributed by atoms with E-state index in [0.717, 1.165) is 35.0 Å². The molecule has 2 aromatic carbocycles. The molecule has 0 radical (unpaired) electrons. The quantitative estimate of drug-likeness (QED) is 0.439. The van der Waals surface area contributed by atoms with Crippen LogP contribution < -0.4 is 10.4 Å². The fourth-order valence-electron chi connectivity index (χ4n) is 3.15. The minimum Gasteiger partial charge on any atom is -0.493 e. The van der Waals surface area contributed by atoms with Gasteiger partial charge in [0.15, 0.2) is 0 Å². The third-order valence-electron chi connectivity index (χ3n) is 4.77. The van der Waals surface area contributed by atoms with Gasteiger partial charge in [-0.2, -0.15) is 13.2 Å². The van der Waals surface area contributed by atoms with Gasteiger partial charge in [0.25, 0.3) is 9.84 Å². The minimum absolute atomic E-state index is 0.00907. The summed E-state index contributed by atoms with van der Waals surface area (Å²) in [4.78, 5) is 16.0. The molecule has 34 heavy (non-hydrogen) atoms. The number of imidazole rings is 1. The Balaban J connectivity index is 1.59. The highest BCUT2D eigenvalue weighted by atomic mass is 32.2. The molecule has 4 rings (SSSR count). The van der Waals surface area contributed by atoms with Crippen molar-refractivity contribution in [2.24, 2.45) is 0 Å². The second-order valence-electron chi connectivity index (χ2n) is 7.09. The van der Waals surface area contributed by atoms with Crippen LogP contribution in [0, 0.1) is 0 Å². The number of halogens is 3. The lowest BCUT2D eigenvalue weighted by atomic mass is 10.2. The largest absolute Gasteiger partial charge is 0.501 e. The van der Waals surface area contributed by atoms with Crippen molar-refractivity contribution in [3.8, 4) is 23.2 Å². The maximum Gasteiger partial charge on any atom is 0.501 e. The van der Waals surface area contributed by atoms with Gasteiger partial charge in [0.05, 0.1) is 23.3 Å². The van der Waals surface area contributed by atoms with Crippen LogP contribution >= 0.6 is 0 Å². The zero-order valence-electron chi connectivity index (χ0n) is 17.2. The molecule has 0 atom stereocenters. The van der Waals surface area contributed by atoms with Crippen molar-refractivity contribution in [3.05, 3.63) is 95.2 Å². The van der Waals surface area contributed by atoms with Gasteiger partial charge in [0.2, 0.25) is 11.8 Å². The van der Waals surface area contributed by atoms with Gasteiger partial charge < -0.3 is 9.84 Å². The molecule has 1 N–H and O–H groups in total. The molecule has 2 aromatic heterocycles. The van der Waals surface area contributed by atoms with Gasteiger partial charge in [-0.15, -0.1) is 0 Å². The Morgan fingerprint density at radius 1 is 1.00 bits per heavy atom. The average molecular weight is 491 g/mol. The summed E-state index contributed by atoms with van der Waals surface area (Å²) in [5, 5.41) is 10.3. The molecular weight excluding hydrogens is 475 g/mol. The molecule has 4 aromatic rings. The van der Waals surface area contributed by atoms with E-state index in [0.29, 0.717) is 17.2 Å². The molecule has 12 heteroatoms. The zero-order chi connectivity index (χ0) is 24.5. The molecule has 0 unspecified atom stereocenters. The Hall–Kier alpha value is -4.06. The summed E-state index contributed by atoms with van der Waals surface area (Å²) >= 11 is 0. The summed E-state index contributed by atoms with van der Waals surface area (Å²) < 4.78 is 68.9. The lowest BCUT2D eigenvalue weighted by molar-refractivity contribution is -0.0436. The van der Waals surface area contributed by atoms with Gasteiger partial charge in [0, 0.05) is 12.3 Å². The predicted molar refractivity (Wildman–Crippen MR) is 115 cm³/mol. The number of aromatic hydroxyl groups is 1. The van der Waals surface area contributed by atoms with Crippen molar-refractivity contribution >= 4 is 9.84 Å². The predicted octanol–water partition coefficient (Wildman–Crippen LogP) is 3.87.